The number of aliphatic imine (C=N–C) groups is 1. The SMILES string of the molecule is CC1=N[C@]2(C)C=CC=CC2N1. The Bertz CT molecular complexity index is 263. The van der Waals surface area contributed by atoms with Crippen LogP contribution in [-0.4, -0.2) is 17.4 Å². The van der Waals surface area contributed by atoms with Gasteiger partial charge in [-0.15, -0.1) is 0 Å². The van der Waals surface area contributed by atoms with E-state index in [1.807, 2.05) is 6.92 Å². The Morgan fingerprint density at radius 2 is 2.36 bits per heavy atom. The maximum atomic E-state index is 4.51. The van der Waals surface area contributed by atoms with Crippen LogP contribution in [0.5, 0.6) is 0 Å². The lowest BCUT2D eigenvalue weighted by Gasteiger charge is -2.24. The van der Waals surface area contributed by atoms with Crippen molar-refractivity contribution in [2.45, 2.75) is 25.4 Å². The summed E-state index contributed by atoms with van der Waals surface area (Å²) in [7, 11) is 0. The normalized spacial score (nSPS) is 39.8. The van der Waals surface area contributed by atoms with Crippen molar-refractivity contribution in [3.8, 4) is 0 Å². The van der Waals surface area contributed by atoms with Gasteiger partial charge in [0.15, 0.2) is 0 Å². The zero-order chi connectivity index (χ0) is 7.90. The Hall–Kier alpha value is -1.05. The van der Waals surface area contributed by atoms with Crippen molar-refractivity contribution >= 4 is 5.84 Å². The van der Waals surface area contributed by atoms with Gasteiger partial charge in [-0.05, 0) is 13.8 Å². The van der Waals surface area contributed by atoms with Gasteiger partial charge in [0.2, 0.25) is 0 Å². The van der Waals surface area contributed by atoms with E-state index in [0.717, 1.165) is 5.84 Å². The van der Waals surface area contributed by atoms with Crippen molar-refractivity contribution in [3.05, 3.63) is 24.3 Å². The molecule has 1 N–H and O–H groups in total. The summed E-state index contributed by atoms with van der Waals surface area (Å²) in [4.78, 5) is 4.51. The molecule has 1 unspecified atom stereocenters. The molecule has 0 fully saturated rings. The first-order chi connectivity index (χ1) is 5.21. The fourth-order valence-corrected chi connectivity index (χ4v) is 1.64. The Morgan fingerprint density at radius 3 is 3.09 bits per heavy atom. The van der Waals surface area contributed by atoms with Crippen molar-refractivity contribution in [2.24, 2.45) is 4.99 Å². The minimum Gasteiger partial charge on any atom is -0.365 e. The molecule has 0 aromatic carbocycles. The minimum atomic E-state index is -0.0289. The van der Waals surface area contributed by atoms with Gasteiger partial charge < -0.3 is 5.32 Å². The molecule has 0 spiro atoms. The molecule has 1 aliphatic heterocycles. The Labute approximate surface area is 66.7 Å². The monoisotopic (exact) mass is 148 g/mol. The average molecular weight is 148 g/mol. The fourth-order valence-electron chi connectivity index (χ4n) is 1.64. The van der Waals surface area contributed by atoms with Crippen LogP contribution < -0.4 is 5.32 Å². The van der Waals surface area contributed by atoms with Crippen molar-refractivity contribution in [2.75, 3.05) is 0 Å². The molecule has 2 aliphatic rings. The van der Waals surface area contributed by atoms with Crippen LogP contribution in [0, 0.1) is 0 Å². The summed E-state index contributed by atoms with van der Waals surface area (Å²) in [5.74, 6) is 1.04. The van der Waals surface area contributed by atoms with Crippen LogP contribution >= 0.6 is 0 Å². The summed E-state index contributed by atoms with van der Waals surface area (Å²) in [6.07, 6.45) is 8.41. The molecule has 0 bridgehead atoms. The predicted molar refractivity (Wildman–Crippen MR) is 46.7 cm³/mol. The standard InChI is InChI=1S/C9H12N2/c1-7-10-8-5-3-4-6-9(8,2)11-7/h3-6,8H,1-2H3,(H,10,11)/t8?,9-/m1/s1. The van der Waals surface area contributed by atoms with E-state index < -0.39 is 0 Å². The van der Waals surface area contributed by atoms with Crippen LogP contribution in [0.4, 0.5) is 0 Å². The van der Waals surface area contributed by atoms with E-state index in [1.165, 1.54) is 0 Å². The van der Waals surface area contributed by atoms with Gasteiger partial charge in [0.05, 0.1) is 11.9 Å². The number of fused-ring (bicyclic) bond motifs is 1. The maximum absolute atomic E-state index is 4.51. The minimum absolute atomic E-state index is 0.0289. The lowest BCUT2D eigenvalue weighted by atomic mass is 9.90. The smallest absolute Gasteiger partial charge is 0.102 e. The Kier molecular flexibility index (Phi) is 1.19. The highest BCUT2D eigenvalue weighted by molar-refractivity contribution is 5.83. The van der Waals surface area contributed by atoms with Gasteiger partial charge in [0, 0.05) is 0 Å². The third kappa shape index (κ3) is 0.897. The van der Waals surface area contributed by atoms with Crippen molar-refractivity contribution < 1.29 is 0 Å². The molecule has 11 heavy (non-hydrogen) atoms. The molecule has 2 atom stereocenters. The molecule has 0 radical (unpaired) electrons. The Balaban J connectivity index is 2.37. The van der Waals surface area contributed by atoms with Crippen LogP contribution in [0.3, 0.4) is 0 Å². The van der Waals surface area contributed by atoms with E-state index in [1.54, 1.807) is 0 Å². The van der Waals surface area contributed by atoms with Crippen LogP contribution in [0.25, 0.3) is 0 Å². The quantitative estimate of drug-likeness (QED) is 0.549. The summed E-state index contributed by atoms with van der Waals surface area (Å²) >= 11 is 0. The van der Waals surface area contributed by atoms with Gasteiger partial charge in [-0.2, -0.15) is 0 Å². The van der Waals surface area contributed by atoms with Gasteiger partial charge in [-0.25, -0.2) is 0 Å². The second kappa shape index (κ2) is 1.97. The van der Waals surface area contributed by atoms with E-state index in [2.05, 4.69) is 41.5 Å². The first kappa shape index (κ1) is 6.65. The Morgan fingerprint density at radius 1 is 1.55 bits per heavy atom. The molecular weight excluding hydrogens is 136 g/mol. The number of nitrogens with one attached hydrogen (secondary N) is 1. The first-order valence-electron chi connectivity index (χ1n) is 3.90. The number of amidine groups is 1. The van der Waals surface area contributed by atoms with Gasteiger partial charge in [0.25, 0.3) is 0 Å². The van der Waals surface area contributed by atoms with Gasteiger partial charge >= 0.3 is 0 Å². The third-order valence-electron chi connectivity index (χ3n) is 2.25. The maximum Gasteiger partial charge on any atom is 0.102 e. The van der Waals surface area contributed by atoms with E-state index in [4.69, 9.17) is 0 Å². The molecule has 0 aromatic rings. The largest absolute Gasteiger partial charge is 0.365 e. The molecule has 0 aromatic heterocycles. The number of hydrogen-bond donors (Lipinski definition) is 1. The van der Waals surface area contributed by atoms with Gasteiger partial charge in [0.1, 0.15) is 5.54 Å². The molecule has 0 saturated carbocycles. The highest BCUT2D eigenvalue weighted by Crippen LogP contribution is 2.26. The highest BCUT2D eigenvalue weighted by Gasteiger charge is 2.35. The summed E-state index contributed by atoms with van der Waals surface area (Å²) in [5.41, 5.74) is -0.0289. The van der Waals surface area contributed by atoms with E-state index in [9.17, 15) is 0 Å². The zero-order valence-corrected chi connectivity index (χ0v) is 6.83. The molecule has 2 rings (SSSR count). The summed E-state index contributed by atoms with van der Waals surface area (Å²) in [5, 5.41) is 3.31. The molecule has 1 aliphatic carbocycles. The number of rotatable bonds is 0. The van der Waals surface area contributed by atoms with Crippen LogP contribution in [0.15, 0.2) is 29.3 Å². The second-order valence-electron chi connectivity index (χ2n) is 3.29. The van der Waals surface area contributed by atoms with E-state index in [0.29, 0.717) is 6.04 Å². The summed E-state index contributed by atoms with van der Waals surface area (Å²) < 4.78 is 0. The topological polar surface area (TPSA) is 24.4 Å². The van der Waals surface area contributed by atoms with Crippen molar-refractivity contribution in [3.63, 3.8) is 0 Å². The third-order valence-corrected chi connectivity index (χ3v) is 2.25. The molecular formula is C9H12N2. The van der Waals surface area contributed by atoms with Gasteiger partial charge in [-0.3, -0.25) is 4.99 Å². The predicted octanol–water partition coefficient (Wildman–Crippen LogP) is 1.26. The number of hydrogen-bond acceptors (Lipinski definition) is 2. The molecule has 2 nitrogen and oxygen atoms in total. The van der Waals surface area contributed by atoms with Crippen molar-refractivity contribution in [1.82, 2.24) is 5.32 Å². The fraction of sp³-hybridized carbons (Fsp3) is 0.444. The van der Waals surface area contributed by atoms with Crippen LogP contribution in [-0.2, 0) is 0 Å². The molecule has 1 heterocycles. The zero-order valence-electron chi connectivity index (χ0n) is 6.83. The van der Waals surface area contributed by atoms with Crippen molar-refractivity contribution in [1.29, 1.82) is 0 Å². The average Bonchev–Trinajstić information content (AvgIpc) is 2.22. The molecule has 2 heteroatoms. The molecule has 0 saturated heterocycles. The first-order valence-corrected chi connectivity index (χ1v) is 3.90. The number of nitrogens with zero attached hydrogens (tertiary/aromatic N) is 1. The highest BCUT2D eigenvalue weighted by atomic mass is 15.1. The lowest BCUT2D eigenvalue weighted by molar-refractivity contribution is 0.524. The van der Waals surface area contributed by atoms with Crippen LogP contribution in [0.1, 0.15) is 13.8 Å². The number of allylic oxidation sites excluding steroid dienone is 2. The molecule has 0 amide bonds. The van der Waals surface area contributed by atoms with E-state index >= 15 is 0 Å². The lowest BCUT2D eigenvalue weighted by Crippen LogP contribution is -2.40. The summed E-state index contributed by atoms with van der Waals surface area (Å²) in [6.45, 7) is 4.15. The summed E-state index contributed by atoms with van der Waals surface area (Å²) in [6, 6.07) is 0.368. The second-order valence-corrected chi connectivity index (χ2v) is 3.29. The molecule has 58 valence electrons. The van der Waals surface area contributed by atoms with Gasteiger partial charge in [-0.1, -0.05) is 24.3 Å². The van der Waals surface area contributed by atoms with E-state index in [-0.39, 0.29) is 5.54 Å². The van der Waals surface area contributed by atoms with Crippen LogP contribution in [0.2, 0.25) is 0 Å².